The lowest BCUT2D eigenvalue weighted by Gasteiger charge is -2.30. The molecule has 0 spiro atoms. The maximum absolute atomic E-state index is 11.0. The molecule has 1 aliphatic rings. The van der Waals surface area contributed by atoms with E-state index in [2.05, 4.69) is 0 Å². The Morgan fingerprint density at radius 2 is 2.33 bits per heavy atom. The Labute approximate surface area is 89.3 Å². The fourth-order valence-electron chi connectivity index (χ4n) is 1.57. The molecule has 0 bridgehead atoms. The molecule has 2 unspecified atom stereocenters. The predicted octanol–water partition coefficient (Wildman–Crippen LogP) is 0.875. The zero-order chi connectivity index (χ0) is 11.5. The standard InChI is InChI=1S/C10H18O5/c1-10(2,9(11)12)8(13-3)4-7-5-14-6-15-7/h7-8H,4-6H2,1-3H3,(H,11,12). The Morgan fingerprint density at radius 1 is 1.67 bits per heavy atom. The van der Waals surface area contributed by atoms with Crippen molar-refractivity contribution in [2.24, 2.45) is 5.41 Å². The first-order valence-corrected chi connectivity index (χ1v) is 4.94. The van der Waals surface area contributed by atoms with Gasteiger partial charge in [-0.3, -0.25) is 4.79 Å². The molecule has 1 aliphatic heterocycles. The second-order valence-corrected chi connectivity index (χ2v) is 4.26. The molecule has 2 atom stereocenters. The van der Waals surface area contributed by atoms with Crippen LogP contribution in [0.5, 0.6) is 0 Å². The number of carboxylic acid groups (broad SMARTS) is 1. The summed E-state index contributed by atoms with van der Waals surface area (Å²) in [6.45, 7) is 4.10. The van der Waals surface area contributed by atoms with Crippen LogP contribution in [0.2, 0.25) is 0 Å². The van der Waals surface area contributed by atoms with Crippen molar-refractivity contribution in [3.8, 4) is 0 Å². The fraction of sp³-hybridized carbons (Fsp3) is 0.900. The molecule has 0 amide bonds. The van der Waals surface area contributed by atoms with Gasteiger partial charge in [0.1, 0.15) is 6.79 Å². The van der Waals surface area contributed by atoms with Crippen molar-refractivity contribution in [3.05, 3.63) is 0 Å². The molecule has 0 aromatic rings. The molecule has 0 aromatic carbocycles. The van der Waals surface area contributed by atoms with Crippen molar-refractivity contribution in [1.82, 2.24) is 0 Å². The van der Waals surface area contributed by atoms with Crippen molar-refractivity contribution in [2.45, 2.75) is 32.5 Å². The lowest BCUT2D eigenvalue weighted by molar-refractivity contribution is -0.156. The maximum atomic E-state index is 11.0. The molecule has 5 nitrogen and oxygen atoms in total. The molecule has 0 aliphatic carbocycles. The van der Waals surface area contributed by atoms with Gasteiger partial charge in [-0.1, -0.05) is 0 Å². The highest BCUT2D eigenvalue weighted by molar-refractivity contribution is 5.74. The third kappa shape index (κ3) is 2.90. The SMILES string of the molecule is COC(CC1COCO1)C(C)(C)C(=O)O. The molecule has 15 heavy (non-hydrogen) atoms. The third-order valence-corrected chi connectivity index (χ3v) is 2.81. The molecule has 1 saturated heterocycles. The fourth-order valence-corrected chi connectivity index (χ4v) is 1.57. The van der Waals surface area contributed by atoms with Crippen LogP contribution in [0.1, 0.15) is 20.3 Å². The number of methoxy groups -OCH3 is 1. The van der Waals surface area contributed by atoms with E-state index < -0.39 is 11.4 Å². The van der Waals surface area contributed by atoms with Crippen LogP contribution in [-0.2, 0) is 19.0 Å². The number of hydrogen-bond donors (Lipinski definition) is 1. The van der Waals surface area contributed by atoms with Gasteiger partial charge in [0, 0.05) is 13.5 Å². The van der Waals surface area contributed by atoms with Crippen molar-refractivity contribution >= 4 is 5.97 Å². The average molecular weight is 218 g/mol. The molecule has 5 heteroatoms. The van der Waals surface area contributed by atoms with Gasteiger partial charge in [-0.25, -0.2) is 0 Å². The van der Waals surface area contributed by atoms with E-state index in [1.54, 1.807) is 13.8 Å². The Morgan fingerprint density at radius 3 is 2.73 bits per heavy atom. The predicted molar refractivity (Wildman–Crippen MR) is 52.5 cm³/mol. The lowest BCUT2D eigenvalue weighted by Crippen LogP contribution is -2.40. The van der Waals surface area contributed by atoms with Gasteiger partial charge in [-0.2, -0.15) is 0 Å². The summed E-state index contributed by atoms with van der Waals surface area (Å²) < 4.78 is 15.5. The average Bonchev–Trinajstić information content (AvgIpc) is 2.65. The van der Waals surface area contributed by atoms with Gasteiger partial charge in [0.2, 0.25) is 0 Å². The molecule has 1 fully saturated rings. The molecular weight excluding hydrogens is 200 g/mol. The summed E-state index contributed by atoms with van der Waals surface area (Å²) in [4.78, 5) is 11.0. The Bertz CT molecular complexity index is 220. The van der Waals surface area contributed by atoms with Crippen LogP contribution in [0.3, 0.4) is 0 Å². The largest absolute Gasteiger partial charge is 0.481 e. The Kier molecular flexibility index (Phi) is 4.07. The summed E-state index contributed by atoms with van der Waals surface area (Å²) in [5.74, 6) is -0.867. The maximum Gasteiger partial charge on any atom is 0.311 e. The van der Waals surface area contributed by atoms with Crippen molar-refractivity contribution < 1.29 is 24.1 Å². The normalized spacial score (nSPS) is 24.1. The van der Waals surface area contributed by atoms with E-state index in [4.69, 9.17) is 19.3 Å². The first-order valence-electron chi connectivity index (χ1n) is 4.94. The minimum Gasteiger partial charge on any atom is -0.481 e. The summed E-state index contributed by atoms with van der Waals surface area (Å²) in [6.07, 6.45) is 0.103. The zero-order valence-corrected chi connectivity index (χ0v) is 9.36. The smallest absolute Gasteiger partial charge is 0.311 e. The summed E-state index contributed by atoms with van der Waals surface area (Å²) in [6, 6.07) is 0. The van der Waals surface area contributed by atoms with Crippen molar-refractivity contribution in [3.63, 3.8) is 0 Å². The first kappa shape index (κ1) is 12.4. The lowest BCUT2D eigenvalue weighted by atomic mass is 9.83. The van der Waals surface area contributed by atoms with Crippen LogP contribution >= 0.6 is 0 Å². The van der Waals surface area contributed by atoms with Crippen LogP contribution in [-0.4, -0.2) is 43.8 Å². The van der Waals surface area contributed by atoms with Crippen LogP contribution in [0, 0.1) is 5.41 Å². The zero-order valence-electron chi connectivity index (χ0n) is 9.36. The van der Waals surface area contributed by atoms with E-state index in [-0.39, 0.29) is 19.0 Å². The number of rotatable bonds is 5. The van der Waals surface area contributed by atoms with E-state index in [9.17, 15) is 4.79 Å². The second-order valence-electron chi connectivity index (χ2n) is 4.26. The highest BCUT2D eigenvalue weighted by Crippen LogP contribution is 2.28. The minimum atomic E-state index is -0.916. The molecule has 0 radical (unpaired) electrons. The van der Waals surface area contributed by atoms with Crippen LogP contribution in [0.15, 0.2) is 0 Å². The minimum absolute atomic E-state index is 0.0615. The first-order chi connectivity index (χ1) is 6.98. The van der Waals surface area contributed by atoms with E-state index in [0.717, 1.165) is 0 Å². The molecular formula is C10H18O5. The number of ether oxygens (including phenoxy) is 3. The molecule has 1 rings (SSSR count). The molecule has 0 saturated carbocycles. The second kappa shape index (κ2) is 4.92. The van der Waals surface area contributed by atoms with Gasteiger partial charge >= 0.3 is 5.97 Å². The van der Waals surface area contributed by atoms with Crippen LogP contribution < -0.4 is 0 Å². The van der Waals surface area contributed by atoms with Gasteiger partial charge in [0.05, 0.1) is 24.2 Å². The molecule has 88 valence electrons. The summed E-state index contributed by atoms with van der Waals surface area (Å²) in [5, 5.41) is 9.06. The van der Waals surface area contributed by atoms with Gasteiger partial charge in [-0.05, 0) is 13.8 Å². The van der Waals surface area contributed by atoms with Crippen LogP contribution in [0.25, 0.3) is 0 Å². The third-order valence-electron chi connectivity index (χ3n) is 2.81. The summed E-state index contributed by atoms with van der Waals surface area (Å²) in [5.41, 5.74) is -0.916. The van der Waals surface area contributed by atoms with E-state index >= 15 is 0 Å². The topological polar surface area (TPSA) is 65.0 Å². The number of hydrogen-bond acceptors (Lipinski definition) is 4. The Hall–Kier alpha value is -0.650. The summed E-state index contributed by atoms with van der Waals surface area (Å²) >= 11 is 0. The Balaban J connectivity index is 2.57. The molecule has 1 N–H and O–H groups in total. The van der Waals surface area contributed by atoms with Gasteiger partial charge in [-0.15, -0.1) is 0 Å². The highest BCUT2D eigenvalue weighted by atomic mass is 16.7. The van der Waals surface area contributed by atoms with Gasteiger partial charge < -0.3 is 19.3 Å². The van der Waals surface area contributed by atoms with E-state index in [1.165, 1.54) is 7.11 Å². The number of aliphatic carboxylic acids is 1. The quantitative estimate of drug-likeness (QED) is 0.742. The monoisotopic (exact) mass is 218 g/mol. The van der Waals surface area contributed by atoms with Gasteiger partial charge in [0.25, 0.3) is 0 Å². The number of carboxylic acids is 1. The highest BCUT2D eigenvalue weighted by Gasteiger charge is 2.39. The molecule has 0 aromatic heterocycles. The van der Waals surface area contributed by atoms with E-state index in [1.807, 2.05) is 0 Å². The van der Waals surface area contributed by atoms with Crippen molar-refractivity contribution in [2.75, 3.05) is 20.5 Å². The summed E-state index contributed by atoms with van der Waals surface area (Å²) in [7, 11) is 1.52. The molecule has 1 heterocycles. The van der Waals surface area contributed by atoms with Crippen LogP contribution in [0.4, 0.5) is 0 Å². The van der Waals surface area contributed by atoms with Gasteiger partial charge in [0.15, 0.2) is 0 Å². The van der Waals surface area contributed by atoms with Crippen molar-refractivity contribution in [1.29, 1.82) is 0 Å². The van der Waals surface area contributed by atoms with E-state index in [0.29, 0.717) is 13.0 Å². The number of carbonyl (C=O) groups is 1.